The summed E-state index contributed by atoms with van der Waals surface area (Å²) in [6.07, 6.45) is 2.78. The van der Waals surface area contributed by atoms with Crippen LogP contribution >= 0.6 is 0 Å². The van der Waals surface area contributed by atoms with Crippen molar-refractivity contribution >= 4 is 11.0 Å². The number of benzene rings is 1. The third-order valence-corrected chi connectivity index (χ3v) is 2.62. The molecule has 2 heteroatoms. The van der Waals surface area contributed by atoms with Gasteiger partial charge in [0.25, 0.3) is 0 Å². The van der Waals surface area contributed by atoms with Crippen molar-refractivity contribution in [2.75, 3.05) is 6.54 Å². The second kappa shape index (κ2) is 4.49. The van der Waals surface area contributed by atoms with Gasteiger partial charge in [-0.1, -0.05) is 19.1 Å². The molecular formula is C13H17NO. The molecule has 15 heavy (non-hydrogen) atoms. The lowest BCUT2D eigenvalue weighted by atomic mass is 10.1. The van der Waals surface area contributed by atoms with Crippen molar-refractivity contribution in [3.8, 4) is 0 Å². The van der Waals surface area contributed by atoms with Gasteiger partial charge in [-0.3, -0.25) is 0 Å². The van der Waals surface area contributed by atoms with Gasteiger partial charge in [-0.25, -0.2) is 0 Å². The monoisotopic (exact) mass is 203 g/mol. The summed E-state index contributed by atoms with van der Waals surface area (Å²) >= 11 is 0. The summed E-state index contributed by atoms with van der Waals surface area (Å²) in [6, 6.07) is 8.93. The van der Waals surface area contributed by atoms with E-state index < -0.39 is 0 Å². The highest BCUT2D eigenvalue weighted by atomic mass is 16.3. The summed E-state index contributed by atoms with van der Waals surface area (Å²) < 4.78 is 5.38. The molecule has 0 saturated carbocycles. The average Bonchev–Trinajstić information content (AvgIpc) is 2.65. The van der Waals surface area contributed by atoms with Gasteiger partial charge in [-0.15, -0.1) is 0 Å². The first-order chi connectivity index (χ1) is 7.29. The van der Waals surface area contributed by atoms with E-state index in [0.29, 0.717) is 6.04 Å². The van der Waals surface area contributed by atoms with Crippen molar-refractivity contribution < 1.29 is 4.42 Å². The molecule has 2 aromatic rings. The number of rotatable bonds is 4. The fourth-order valence-electron chi connectivity index (χ4n) is 1.90. The standard InChI is InChI=1S/C13H17NO/c1-3-14-10(2)8-11-4-5-12-6-7-15-13(12)9-11/h4-7,9-10,14H,3,8H2,1-2H3. The molecule has 2 nitrogen and oxygen atoms in total. The maximum Gasteiger partial charge on any atom is 0.134 e. The number of fused-ring (bicyclic) bond motifs is 1. The Labute approximate surface area is 90.3 Å². The number of furan rings is 1. The number of hydrogen-bond acceptors (Lipinski definition) is 2. The third-order valence-electron chi connectivity index (χ3n) is 2.62. The molecular weight excluding hydrogens is 186 g/mol. The first-order valence-corrected chi connectivity index (χ1v) is 5.49. The zero-order chi connectivity index (χ0) is 10.7. The molecule has 0 fully saturated rings. The Balaban J connectivity index is 2.14. The van der Waals surface area contributed by atoms with Crippen molar-refractivity contribution in [3.05, 3.63) is 36.1 Å². The lowest BCUT2D eigenvalue weighted by Crippen LogP contribution is -2.27. The molecule has 0 radical (unpaired) electrons. The van der Waals surface area contributed by atoms with Crippen LogP contribution in [0.15, 0.2) is 34.9 Å². The number of nitrogens with one attached hydrogen (secondary N) is 1. The fourth-order valence-corrected chi connectivity index (χ4v) is 1.90. The van der Waals surface area contributed by atoms with Crippen molar-refractivity contribution in [1.82, 2.24) is 5.32 Å². The van der Waals surface area contributed by atoms with E-state index in [1.807, 2.05) is 6.07 Å². The Morgan fingerprint density at radius 3 is 3.00 bits per heavy atom. The van der Waals surface area contributed by atoms with Crippen LogP contribution in [0.4, 0.5) is 0 Å². The van der Waals surface area contributed by atoms with E-state index in [2.05, 4.69) is 37.4 Å². The van der Waals surface area contributed by atoms with Gasteiger partial charge in [0.1, 0.15) is 5.58 Å². The van der Waals surface area contributed by atoms with E-state index in [4.69, 9.17) is 4.42 Å². The van der Waals surface area contributed by atoms with Crippen LogP contribution in [0.1, 0.15) is 19.4 Å². The minimum atomic E-state index is 0.516. The first kappa shape index (κ1) is 10.2. The quantitative estimate of drug-likeness (QED) is 0.826. The second-order valence-corrected chi connectivity index (χ2v) is 3.96. The van der Waals surface area contributed by atoms with Gasteiger partial charge in [0.15, 0.2) is 0 Å². The molecule has 1 N–H and O–H groups in total. The zero-order valence-electron chi connectivity index (χ0n) is 9.29. The number of hydrogen-bond donors (Lipinski definition) is 1. The smallest absolute Gasteiger partial charge is 0.134 e. The summed E-state index contributed by atoms with van der Waals surface area (Å²) in [7, 11) is 0. The summed E-state index contributed by atoms with van der Waals surface area (Å²) in [4.78, 5) is 0. The Bertz CT molecular complexity index is 433. The van der Waals surface area contributed by atoms with Gasteiger partial charge >= 0.3 is 0 Å². The summed E-state index contributed by atoms with van der Waals surface area (Å²) in [6.45, 7) is 5.35. The van der Waals surface area contributed by atoms with Crippen LogP contribution in [-0.2, 0) is 6.42 Å². The van der Waals surface area contributed by atoms with Crippen LogP contribution in [0.2, 0.25) is 0 Å². The predicted octanol–water partition coefficient (Wildman–Crippen LogP) is 2.97. The van der Waals surface area contributed by atoms with Crippen molar-refractivity contribution in [1.29, 1.82) is 0 Å². The van der Waals surface area contributed by atoms with E-state index in [0.717, 1.165) is 18.5 Å². The van der Waals surface area contributed by atoms with Crippen LogP contribution < -0.4 is 5.32 Å². The molecule has 0 amide bonds. The number of likely N-dealkylation sites (N-methyl/N-ethyl adjacent to an activating group) is 1. The molecule has 1 atom stereocenters. The molecule has 2 rings (SSSR count). The minimum absolute atomic E-state index is 0.516. The molecule has 80 valence electrons. The lowest BCUT2D eigenvalue weighted by molar-refractivity contribution is 0.564. The largest absolute Gasteiger partial charge is 0.464 e. The summed E-state index contributed by atoms with van der Waals surface area (Å²) in [5.74, 6) is 0. The van der Waals surface area contributed by atoms with Gasteiger partial charge in [-0.2, -0.15) is 0 Å². The van der Waals surface area contributed by atoms with E-state index in [1.165, 1.54) is 10.9 Å². The second-order valence-electron chi connectivity index (χ2n) is 3.96. The van der Waals surface area contributed by atoms with E-state index >= 15 is 0 Å². The van der Waals surface area contributed by atoms with Gasteiger partial charge in [-0.05, 0) is 37.6 Å². The highest BCUT2D eigenvalue weighted by Crippen LogP contribution is 2.17. The Hall–Kier alpha value is -1.28. The average molecular weight is 203 g/mol. The predicted molar refractivity (Wildman–Crippen MR) is 63.1 cm³/mol. The lowest BCUT2D eigenvalue weighted by Gasteiger charge is -2.11. The minimum Gasteiger partial charge on any atom is -0.464 e. The maximum atomic E-state index is 5.38. The van der Waals surface area contributed by atoms with Crippen molar-refractivity contribution in [2.45, 2.75) is 26.3 Å². The van der Waals surface area contributed by atoms with Crippen LogP contribution in [0.25, 0.3) is 11.0 Å². The van der Waals surface area contributed by atoms with E-state index in [9.17, 15) is 0 Å². The molecule has 0 aliphatic carbocycles. The van der Waals surface area contributed by atoms with Crippen LogP contribution in [0, 0.1) is 0 Å². The fraction of sp³-hybridized carbons (Fsp3) is 0.385. The summed E-state index contributed by atoms with van der Waals surface area (Å²) in [5.41, 5.74) is 2.31. The maximum absolute atomic E-state index is 5.38. The van der Waals surface area contributed by atoms with Crippen LogP contribution in [0.5, 0.6) is 0 Å². The van der Waals surface area contributed by atoms with Gasteiger partial charge in [0.2, 0.25) is 0 Å². The van der Waals surface area contributed by atoms with Crippen LogP contribution in [0.3, 0.4) is 0 Å². The van der Waals surface area contributed by atoms with Crippen molar-refractivity contribution in [2.24, 2.45) is 0 Å². The molecule has 1 aromatic heterocycles. The molecule has 0 aliphatic heterocycles. The molecule has 1 unspecified atom stereocenters. The Morgan fingerprint density at radius 1 is 1.33 bits per heavy atom. The Kier molecular flexibility index (Phi) is 3.07. The topological polar surface area (TPSA) is 25.2 Å². The highest BCUT2D eigenvalue weighted by molar-refractivity contribution is 5.77. The zero-order valence-corrected chi connectivity index (χ0v) is 9.29. The first-order valence-electron chi connectivity index (χ1n) is 5.49. The van der Waals surface area contributed by atoms with Crippen molar-refractivity contribution in [3.63, 3.8) is 0 Å². The molecule has 0 spiro atoms. The van der Waals surface area contributed by atoms with E-state index in [-0.39, 0.29) is 0 Å². The molecule has 1 heterocycles. The molecule has 0 aliphatic rings. The molecule has 0 saturated heterocycles. The van der Waals surface area contributed by atoms with Crippen LogP contribution in [-0.4, -0.2) is 12.6 Å². The van der Waals surface area contributed by atoms with Gasteiger partial charge in [0, 0.05) is 11.4 Å². The Morgan fingerprint density at radius 2 is 2.20 bits per heavy atom. The van der Waals surface area contributed by atoms with Gasteiger partial charge < -0.3 is 9.73 Å². The molecule has 0 bridgehead atoms. The SMILES string of the molecule is CCNC(C)Cc1ccc2ccoc2c1. The molecule has 1 aromatic carbocycles. The van der Waals surface area contributed by atoms with Gasteiger partial charge in [0.05, 0.1) is 6.26 Å². The van der Waals surface area contributed by atoms with E-state index in [1.54, 1.807) is 6.26 Å². The third kappa shape index (κ3) is 2.39. The highest BCUT2D eigenvalue weighted by Gasteiger charge is 2.03. The summed E-state index contributed by atoms with van der Waals surface area (Å²) in [5, 5.41) is 4.58. The normalized spacial score (nSPS) is 13.2.